The Balaban J connectivity index is 1.88. The molecule has 0 aliphatic heterocycles. The lowest BCUT2D eigenvalue weighted by atomic mass is 9.99. The van der Waals surface area contributed by atoms with E-state index in [0.717, 1.165) is 16.8 Å². The summed E-state index contributed by atoms with van der Waals surface area (Å²) in [6.45, 7) is 6.50. The summed E-state index contributed by atoms with van der Waals surface area (Å²) in [7, 11) is 0. The predicted octanol–water partition coefficient (Wildman–Crippen LogP) is 7.04. The Hall–Kier alpha value is -3.65. The smallest absolute Gasteiger partial charge is 0.416 e. The van der Waals surface area contributed by atoms with E-state index in [1.165, 1.54) is 18.3 Å². The molecule has 4 rings (SSSR count). The van der Waals surface area contributed by atoms with Crippen molar-refractivity contribution in [2.45, 2.75) is 26.9 Å². The second-order valence-corrected chi connectivity index (χ2v) is 9.86. The second-order valence-electron chi connectivity index (χ2n) is 9.42. The number of para-hydroxylation sites is 1. The lowest BCUT2D eigenvalue weighted by Crippen LogP contribution is -2.21. The number of nitrogens with zero attached hydrogens (tertiary/aromatic N) is 3. The van der Waals surface area contributed by atoms with E-state index in [1.54, 1.807) is 42.5 Å². The van der Waals surface area contributed by atoms with Crippen LogP contribution in [0.1, 0.15) is 31.9 Å². The number of aromatic nitrogens is 2. The number of hydrogen-bond acceptors (Lipinski definition) is 4. The average molecular weight is 514 g/mol. The first-order valence-corrected chi connectivity index (χ1v) is 11.5. The van der Waals surface area contributed by atoms with Crippen LogP contribution in [0.25, 0.3) is 22.3 Å². The SMILES string of the molecule is CC(C)(C)COc1ccc(Cl)cc1C=Nn1c(-c2cccc(C(F)(F)F)c2)nc2ccccc2c1=O. The molecule has 186 valence electrons. The van der Waals surface area contributed by atoms with Crippen molar-refractivity contribution in [2.75, 3.05) is 6.61 Å². The fraction of sp³-hybridized carbons (Fsp3) is 0.222. The first kappa shape index (κ1) is 25.4. The van der Waals surface area contributed by atoms with Crippen LogP contribution in [0.15, 0.2) is 76.6 Å². The molecule has 0 N–H and O–H groups in total. The van der Waals surface area contributed by atoms with Crippen molar-refractivity contribution in [1.82, 2.24) is 9.66 Å². The number of rotatable bonds is 5. The van der Waals surface area contributed by atoms with Gasteiger partial charge >= 0.3 is 6.18 Å². The van der Waals surface area contributed by atoms with E-state index in [2.05, 4.69) is 10.1 Å². The predicted molar refractivity (Wildman–Crippen MR) is 136 cm³/mol. The highest BCUT2D eigenvalue weighted by molar-refractivity contribution is 6.30. The molecule has 3 aromatic carbocycles. The Morgan fingerprint density at radius 2 is 1.78 bits per heavy atom. The molecule has 0 aliphatic carbocycles. The summed E-state index contributed by atoms with van der Waals surface area (Å²) in [6, 6.07) is 16.2. The Kier molecular flexibility index (Phi) is 6.91. The molecular weight excluding hydrogens is 491 g/mol. The van der Waals surface area contributed by atoms with Crippen molar-refractivity contribution >= 4 is 28.7 Å². The van der Waals surface area contributed by atoms with Gasteiger partial charge in [-0.2, -0.15) is 22.9 Å². The Bertz CT molecular complexity index is 1510. The van der Waals surface area contributed by atoms with Crippen LogP contribution in [0.5, 0.6) is 5.75 Å². The third-order valence-corrected chi connectivity index (χ3v) is 5.38. The standard InChI is InChI=1S/C27H23ClF3N3O2/c1-26(2,3)16-36-23-12-11-20(28)14-18(23)15-32-34-24(17-7-6-8-19(13-17)27(29,30)31)33-22-10-5-4-9-21(22)25(34)35/h4-15H,16H2,1-3H3. The van der Waals surface area contributed by atoms with Crippen LogP contribution in [-0.2, 0) is 6.18 Å². The Labute approximate surface area is 210 Å². The molecule has 1 aromatic heterocycles. The van der Waals surface area contributed by atoms with Crippen LogP contribution in [0.2, 0.25) is 5.02 Å². The summed E-state index contributed by atoms with van der Waals surface area (Å²) in [5.41, 5.74) is -0.543. The average Bonchev–Trinajstić information content (AvgIpc) is 2.82. The molecule has 36 heavy (non-hydrogen) atoms. The quantitative estimate of drug-likeness (QED) is 0.269. The van der Waals surface area contributed by atoms with Crippen LogP contribution in [0.4, 0.5) is 13.2 Å². The molecule has 0 unspecified atom stereocenters. The molecule has 0 atom stereocenters. The molecule has 4 aromatic rings. The summed E-state index contributed by atoms with van der Waals surface area (Å²) in [6.07, 6.45) is -3.17. The molecular formula is C27H23ClF3N3O2. The normalized spacial score (nSPS) is 12.4. The van der Waals surface area contributed by atoms with Crippen LogP contribution in [-0.4, -0.2) is 22.5 Å². The van der Waals surface area contributed by atoms with Crippen LogP contribution < -0.4 is 10.3 Å². The van der Waals surface area contributed by atoms with Gasteiger partial charge in [0.05, 0.1) is 29.3 Å². The van der Waals surface area contributed by atoms with Crippen molar-refractivity contribution in [1.29, 1.82) is 0 Å². The van der Waals surface area contributed by atoms with Crippen molar-refractivity contribution < 1.29 is 17.9 Å². The molecule has 0 spiro atoms. The number of halogens is 4. The van der Waals surface area contributed by atoms with Gasteiger partial charge in [-0.15, -0.1) is 0 Å². The van der Waals surface area contributed by atoms with Crippen LogP contribution in [0, 0.1) is 5.41 Å². The van der Waals surface area contributed by atoms with Crippen molar-refractivity contribution in [3.8, 4) is 17.1 Å². The summed E-state index contributed by atoms with van der Waals surface area (Å²) in [4.78, 5) is 17.8. The largest absolute Gasteiger partial charge is 0.492 e. The highest BCUT2D eigenvalue weighted by Crippen LogP contribution is 2.32. The maximum absolute atomic E-state index is 13.4. The van der Waals surface area contributed by atoms with Crippen molar-refractivity contribution in [3.05, 3.63) is 93.2 Å². The first-order chi connectivity index (χ1) is 16.9. The van der Waals surface area contributed by atoms with Gasteiger partial charge in [0.25, 0.3) is 5.56 Å². The van der Waals surface area contributed by atoms with E-state index >= 15 is 0 Å². The molecule has 9 heteroatoms. The van der Waals surface area contributed by atoms with E-state index < -0.39 is 17.3 Å². The van der Waals surface area contributed by atoms with Gasteiger partial charge < -0.3 is 4.74 Å². The molecule has 5 nitrogen and oxygen atoms in total. The number of ether oxygens (including phenoxy) is 1. The maximum atomic E-state index is 13.4. The summed E-state index contributed by atoms with van der Waals surface area (Å²) in [5, 5.41) is 5.05. The fourth-order valence-corrected chi connectivity index (χ4v) is 3.60. The second kappa shape index (κ2) is 9.78. The third kappa shape index (κ3) is 5.76. The van der Waals surface area contributed by atoms with Gasteiger partial charge in [0, 0.05) is 16.1 Å². The summed E-state index contributed by atoms with van der Waals surface area (Å²) < 4.78 is 47.1. The minimum atomic E-state index is -4.55. The zero-order valence-electron chi connectivity index (χ0n) is 19.8. The molecule has 1 heterocycles. The van der Waals surface area contributed by atoms with Crippen LogP contribution in [0.3, 0.4) is 0 Å². The minimum absolute atomic E-state index is 0.0276. The number of alkyl halides is 3. The number of benzene rings is 3. The summed E-state index contributed by atoms with van der Waals surface area (Å²) >= 11 is 6.18. The van der Waals surface area contributed by atoms with Gasteiger partial charge in [-0.3, -0.25) is 4.79 Å². The topological polar surface area (TPSA) is 56.5 Å². The van der Waals surface area contributed by atoms with E-state index in [0.29, 0.717) is 28.5 Å². The molecule has 0 amide bonds. The molecule has 0 saturated carbocycles. The van der Waals surface area contributed by atoms with E-state index in [-0.39, 0.29) is 22.2 Å². The van der Waals surface area contributed by atoms with Gasteiger partial charge in [-0.1, -0.05) is 56.6 Å². The first-order valence-electron chi connectivity index (χ1n) is 11.1. The lowest BCUT2D eigenvalue weighted by Gasteiger charge is -2.19. The van der Waals surface area contributed by atoms with Crippen molar-refractivity contribution in [2.24, 2.45) is 10.5 Å². The van der Waals surface area contributed by atoms with Gasteiger partial charge in [0.2, 0.25) is 0 Å². The van der Waals surface area contributed by atoms with Gasteiger partial charge in [-0.25, -0.2) is 4.98 Å². The molecule has 0 aliphatic rings. The van der Waals surface area contributed by atoms with Crippen molar-refractivity contribution in [3.63, 3.8) is 0 Å². The van der Waals surface area contributed by atoms with Gasteiger partial charge in [0.15, 0.2) is 5.82 Å². The van der Waals surface area contributed by atoms with Gasteiger partial charge in [-0.05, 0) is 47.9 Å². The maximum Gasteiger partial charge on any atom is 0.416 e. The van der Waals surface area contributed by atoms with Crippen LogP contribution >= 0.6 is 11.6 Å². The van der Waals surface area contributed by atoms with E-state index in [1.807, 2.05) is 20.8 Å². The van der Waals surface area contributed by atoms with Gasteiger partial charge in [0.1, 0.15) is 5.75 Å². The van der Waals surface area contributed by atoms with E-state index in [9.17, 15) is 18.0 Å². The monoisotopic (exact) mass is 513 g/mol. The zero-order valence-corrected chi connectivity index (χ0v) is 20.6. The minimum Gasteiger partial charge on any atom is -0.492 e. The highest BCUT2D eigenvalue weighted by Gasteiger charge is 2.31. The number of hydrogen-bond donors (Lipinski definition) is 0. The zero-order chi connectivity index (χ0) is 26.1. The Morgan fingerprint density at radius 1 is 1.03 bits per heavy atom. The highest BCUT2D eigenvalue weighted by atomic mass is 35.5. The van der Waals surface area contributed by atoms with E-state index in [4.69, 9.17) is 16.3 Å². The Morgan fingerprint density at radius 3 is 2.50 bits per heavy atom. The third-order valence-electron chi connectivity index (χ3n) is 5.15. The molecule has 0 saturated heterocycles. The summed E-state index contributed by atoms with van der Waals surface area (Å²) in [5.74, 6) is 0.473. The number of fused-ring (bicyclic) bond motifs is 1. The molecule has 0 radical (unpaired) electrons. The fourth-order valence-electron chi connectivity index (χ4n) is 3.42. The lowest BCUT2D eigenvalue weighted by molar-refractivity contribution is -0.137. The molecule has 0 bridgehead atoms. The molecule has 0 fully saturated rings.